The van der Waals surface area contributed by atoms with Crippen molar-refractivity contribution in [2.75, 3.05) is 0 Å². The molecule has 2 aliphatic heterocycles. The lowest BCUT2D eigenvalue weighted by molar-refractivity contribution is -0.168. The number of hydrogen-bond acceptors (Lipinski definition) is 3. The van der Waals surface area contributed by atoms with Crippen LogP contribution in [0, 0.1) is 5.92 Å². The Balaban J connectivity index is 1.61. The molecule has 2 saturated heterocycles. The number of benzene rings is 1. The summed E-state index contributed by atoms with van der Waals surface area (Å²) in [5.41, 5.74) is 0.00251. The summed E-state index contributed by atoms with van der Waals surface area (Å²) in [4.78, 5) is 41.5. The van der Waals surface area contributed by atoms with Gasteiger partial charge in [0.05, 0.1) is 6.85 Å². The first-order chi connectivity index (χ1) is 15.1. The Labute approximate surface area is 166 Å². The number of carbonyl (C=O) groups is 3. The van der Waals surface area contributed by atoms with Crippen molar-refractivity contribution in [1.29, 1.82) is 0 Å². The number of carboxylic acid groups (broad SMARTS) is 1. The Morgan fingerprint density at radius 2 is 2.00 bits per heavy atom. The molecule has 3 aliphatic rings. The minimum atomic E-state index is -1.33. The number of carboxylic acids is 1. The number of nitrogens with zero attached hydrogens (tertiary/aromatic N) is 2. The highest BCUT2D eigenvalue weighted by Gasteiger charge is 2.56. The molecule has 1 N–H and O–H groups in total. The average Bonchev–Trinajstić information content (AvgIpc) is 3.34. The van der Waals surface area contributed by atoms with Gasteiger partial charge in [-0.25, -0.2) is 4.79 Å². The third-order valence-corrected chi connectivity index (χ3v) is 6.25. The zero-order chi connectivity index (χ0) is 23.5. The summed E-state index contributed by atoms with van der Waals surface area (Å²) in [5.74, 6) is -1.62. The van der Waals surface area contributed by atoms with Crippen molar-refractivity contribution in [3.05, 3.63) is 35.8 Å². The van der Waals surface area contributed by atoms with Crippen LogP contribution in [0.4, 0.5) is 0 Å². The van der Waals surface area contributed by atoms with Gasteiger partial charge in [-0.15, -0.1) is 0 Å². The average molecular weight is 375 g/mol. The maximum atomic E-state index is 13.3. The minimum Gasteiger partial charge on any atom is -0.480 e. The Morgan fingerprint density at radius 1 is 1.26 bits per heavy atom. The Hall–Kier alpha value is -2.37. The summed E-state index contributed by atoms with van der Waals surface area (Å²) in [6, 6.07) is -5.12. The monoisotopic (exact) mass is 375 g/mol. The fraction of sp³-hybridized carbons (Fsp3) is 0.571. The standard InChI is InChI=1S/C21H26N2O4/c1-13-19(24)23-16-9-5-8-15(16)12-18(23)20(25)22(13)17(21(26)27)11-10-14-6-3-2-4-7-14/h2-4,6-7,13,15-18H,5,8-12H2,1H3,(H,26,27)/t13-,15-,16-,17-,18-/m0/s1/i2D,3D,4D,6D,7D. The van der Waals surface area contributed by atoms with Crippen molar-refractivity contribution >= 4 is 17.8 Å². The van der Waals surface area contributed by atoms with Crippen LogP contribution in [-0.4, -0.2) is 56.9 Å². The molecule has 1 aliphatic carbocycles. The molecule has 2 heterocycles. The van der Waals surface area contributed by atoms with Gasteiger partial charge in [-0.3, -0.25) is 9.59 Å². The van der Waals surface area contributed by atoms with Gasteiger partial charge in [-0.2, -0.15) is 0 Å². The molecule has 2 amide bonds. The van der Waals surface area contributed by atoms with Crippen LogP contribution in [0.5, 0.6) is 0 Å². The lowest BCUT2D eigenvalue weighted by atomic mass is 9.97. The molecule has 5 atom stereocenters. The molecule has 0 bridgehead atoms. The maximum absolute atomic E-state index is 13.3. The molecule has 0 spiro atoms. The van der Waals surface area contributed by atoms with Crippen LogP contribution in [0.25, 0.3) is 0 Å². The first-order valence-electron chi connectivity index (χ1n) is 12.0. The van der Waals surface area contributed by atoms with Gasteiger partial charge >= 0.3 is 5.97 Å². The smallest absolute Gasteiger partial charge is 0.326 e. The molecule has 144 valence electrons. The number of hydrogen-bond donors (Lipinski definition) is 1. The van der Waals surface area contributed by atoms with Crippen LogP contribution >= 0.6 is 0 Å². The highest BCUT2D eigenvalue weighted by atomic mass is 16.4. The van der Waals surface area contributed by atoms with Crippen molar-refractivity contribution in [2.45, 2.75) is 69.6 Å². The first-order valence-corrected chi connectivity index (χ1v) is 9.49. The number of fused-ring (bicyclic) bond motifs is 3. The van der Waals surface area contributed by atoms with Gasteiger partial charge < -0.3 is 14.9 Å². The summed E-state index contributed by atoms with van der Waals surface area (Å²) in [6.07, 6.45) is 3.11. The van der Waals surface area contributed by atoms with Crippen LogP contribution < -0.4 is 0 Å². The van der Waals surface area contributed by atoms with Gasteiger partial charge in [0.15, 0.2) is 0 Å². The number of amides is 2. The van der Waals surface area contributed by atoms with Crippen molar-refractivity contribution < 1.29 is 26.3 Å². The van der Waals surface area contributed by atoms with Crippen molar-refractivity contribution in [1.82, 2.24) is 9.80 Å². The Bertz CT molecular complexity index is 974. The molecular weight excluding hydrogens is 344 g/mol. The largest absolute Gasteiger partial charge is 0.480 e. The molecule has 1 saturated carbocycles. The Morgan fingerprint density at radius 3 is 2.70 bits per heavy atom. The van der Waals surface area contributed by atoms with Gasteiger partial charge in [-0.05, 0) is 50.5 Å². The molecule has 6 heteroatoms. The van der Waals surface area contributed by atoms with Crippen LogP contribution in [0.1, 0.15) is 51.4 Å². The molecule has 4 rings (SSSR count). The third-order valence-electron chi connectivity index (χ3n) is 6.25. The predicted octanol–water partition coefficient (Wildman–Crippen LogP) is 2.07. The lowest BCUT2D eigenvalue weighted by Gasteiger charge is -2.45. The van der Waals surface area contributed by atoms with Gasteiger partial charge in [0.2, 0.25) is 11.8 Å². The maximum Gasteiger partial charge on any atom is 0.326 e. The second-order valence-corrected chi connectivity index (χ2v) is 7.67. The zero-order valence-corrected chi connectivity index (χ0v) is 15.2. The lowest BCUT2D eigenvalue weighted by Crippen LogP contribution is -2.66. The summed E-state index contributed by atoms with van der Waals surface area (Å²) in [6.45, 7) is 1.54. The number of carbonyl (C=O) groups excluding carboxylic acids is 2. The van der Waals surface area contributed by atoms with E-state index in [9.17, 15) is 19.5 Å². The molecule has 0 radical (unpaired) electrons. The van der Waals surface area contributed by atoms with E-state index in [1.54, 1.807) is 11.8 Å². The topological polar surface area (TPSA) is 77.9 Å². The van der Waals surface area contributed by atoms with E-state index in [-0.39, 0.29) is 54.3 Å². The van der Waals surface area contributed by atoms with Crippen LogP contribution in [0.15, 0.2) is 30.2 Å². The number of aliphatic carboxylic acids is 1. The summed E-state index contributed by atoms with van der Waals surface area (Å²) in [7, 11) is 0. The van der Waals surface area contributed by atoms with E-state index < -0.39 is 42.2 Å². The summed E-state index contributed by atoms with van der Waals surface area (Å²) < 4.78 is 39.4. The van der Waals surface area contributed by atoms with E-state index in [1.807, 2.05) is 0 Å². The number of piperazine rings is 1. The minimum absolute atomic E-state index is 0.00251. The SMILES string of the molecule is [2H]c1c([2H])c([2H])c(CC[C@@H](C(=O)O)N2C(=O)[C@@H]3C[C@@H]4CCC[C@@H]4N3C(=O)[C@@H]2C)c([2H])c1[2H]. The molecule has 3 fully saturated rings. The molecular formula is C21H26N2O4. The summed E-state index contributed by atoms with van der Waals surface area (Å²) in [5, 5.41) is 9.90. The number of rotatable bonds is 5. The van der Waals surface area contributed by atoms with Gasteiger partial charge in [0, 0.05) is 6.04 Å². The molecule has 6 nitrogen and oxygen atoms in total. The fourth-order valence-electron chi connectivity index (χ4n) is 5.01. The molecule has 1 aromatic carbocycles. The first kappa shape index (κ1) is 12.9. The van der Waals surface area contributed by atoms with Gasteiger partial charge in [0.1, 0.15) is 18.1 Å². The second-order valence-electron chi connectivity index (χ2n) is 7.67. The molecule has 0 aromatic heterocycles. The molecule has 27 heavy (non-hydrogen) atoms. The quantitative estimate of drug-likeness (QED) is 0.855. The second kappa shape index (κ2) is 6.98. The van der Waals surface area contributed by atoms with Gasteiger partial charge in [-0.1, -0.05) is 36.6 Å². The van der Waals surface area contributed by atoms with Crippen LogP contribution in [0.3, 0.4) is 0 Å². The Kier molecular flexibility index (Phi) is 3.34. The fourth-order valence-corrected chi connectivity index (χ4v) is 5.01. The normalized spacial score (nSPS) is 33.6. The predicted molar refractivity (Wildman–Crippen MR) is 98.9 cm³/mol. The molecule has 0 unspecified atom stereocenters. The van der Waals surface area contributed by atoms with Crippen molar-refractivity contribution in [3.63, 3.8) is 0 Å². The summed E-state index contributed by atoms with van der Waals surface area (Å²) >= 11 is 0. The highest BCUT2D eigenvalue weighted by Crippen LogP contribution is 2.44. The van der Waals surface area contributed by atoms with E-state index in [0.717, 1.165) is 24.2 Å². The van der Waals surface area contributed by atoms with E-state index in [4.69, 9.17) is 6.85 Å². The van der Waals surface area contributed by atoms with Crippen LogP contribution in [-0.2, 0) is 20.8 Å². The molecule has 1 aromatic rings. The van der Waals surface area contributed by atoms with E-state index in [0.29, 0.717) is 6.42 Å². The van der Waals surface area contributed by atoms with E-state index in [2.05, 4.69) is 0 Å². The van der Waals surface area contributed by atoms with Crippen molar-refractivity contribution in [2.24, 2.45) is 5.92 Å². The van der Waals surface area contributed by atoms with E-state index in [1.165, 1.54) is 0 Å². The third kappa shape index (κ3) is 3.01. The highest BCUT2D eigenvalue weighted by molar-refractivity contribution is 5.99. The van der Waals surface area contributed by atoms with Crippen molar-refractivity contribution in [3.8, 4) is 0 Å². The van der Waals surface area contributed by atoms with E-state index >= 15 is 0 Å². The van der Waals surface area contributed by atoms with Crippen LogP contribution in [0.2, 0.25) is 0 Å². The van der Waals surface area contributed by atoms with Gasteiger partial charge in [0.25, 0.3) is 0 Å². The zero-order valence-electron chi connectivity index (χ0n) is 20.2.